The van der Waals surface area contributed by atoms with Crippen molar-refractivity contribution >= 4 is 29.5 Å². The lowest BCUT2D eigenvalue weighted by atomic mass is 10.1. The number of aliphatic hydroxyl groups is 1. The van der Waals surface area contributed by atoms with Gasteiger partial charge in [-0.1, -0.05) is 18.2 Å². The summed E-state index contributed by atoms with van der Waals surface area (Å²) in [7, 11) is 1.34. The van der Waals surface area contributed by atoms with E-state index in [1.165, 1.54) is 26.1 Å². The minimum atomic E-state index is -1.29. The normalized spacial score (nSPS) is 13.3. The van der Waals surface area contributed by atoms with E-state index in [2.05, 4.69) is 21.3 Å². The Morgan fingerprint density at radius 2 is 1.66 bits per heavy atom. The molecule has 0 saturated carbocycles. The SMILES string of the molecule is CNC(=O)[C@@H](NC(=O)CNC(=O)[C@H](CC(N)=O)NC(=O)c1ccccc1)[C@@H](C)O. The standard InChI is InChI=1S/C18H25N5O6/c1-10(24)15(18(29)20-2)23-14(26)9-21-17(28)12(8-13(19)25)22-16(27)11-6-4-3-5-7-11/h3-7,10,12,15,24H,8-9H2,1-2H3,(H2,19,25)(H,20,29)(H,21,28)(H,22,27)(H,23,26)/t10-,12+,15+/m1/s1. The number of hydrogen-bond acceptors (Lipinski definition) is 6. The number of carbonyl (C=O) groups is 5. The van der Waals surface area contributed by atoms with Gasteiger partial charge in [0.15, 0.2) is 0 Å². The Kier molecular flexibility index (Phi) is 9.26. The number of hydrogen-bond donors (Lipinski definition) is 6. The number of benzene rings is 1. The fourth-order valence-corrected chi connectivity index (χ4v) is 2.32. The van der Waals surface area contributed by atoms with Crippen LogP contribution in [0.3, 0.4) is 0 Å². The molecule has 1 rings (SSSR count). The van der Waals surface area contributed by atoms with Gasteiger partial charge in [-0.2, -0.15) is 0 Å². The maximum absolute atomic E-state index is 12.3. The maximum Gasteiger partial charge on any atom is 0.251 e. The van der Waals surface area contributed by atoms with Crippen molar-refractivity contribution in [3.63, 3.8) is 0 Å². The highest BCUT2D eigenvalue weighted by Crippen LogP contribution is 2.01. The molecule has 0 aliphatic carbocycles. The smallest absolute Gasteiger partial charge is 0.251 e. The van der Waals surface area contributed by atoms with Crippen LogP contribution in [0, 0.1) is 0 Å². The third kappa shape index (κ3) is 7.97. The molecule has 0 heterocycles. The van der Waals surface area contributed by atoms with Crippen LogP contribution in [0.1, 0.15) is 23.7 Å². The van der Waals surface area contributed by atoms with Gasteiger partial charge in [0.1, 0.15) is 12.1 Å². The number of likely N-dealkylation sites (N-methyl/N-ethyl adjacent to an activating group) is 1. The molecule has 0 radical (unpaired) electrons. The summed E-state index contributed by atoms with van der Waals surface area (Å²) in [5.74, 6) is -3.58. The summed E-state index contributed by atoms with van der Waals surface area (Å²) >= 11 is 0. The third-order valence-corrected chi connectivity index (χ3v) is 3.81. The van der Waals surface area contributed by atoms with E-state index >= 15 is 0 Å². The molecule has 29 heavy (non-hydrogen) atoms. The fraction of sp³-hybridized carbons (Fsp3) is 0.389. The van der Waals surface area contributed by atoms with Crippen LogP contribution < -0.4 is 27.0 Å². The lowest BCUT2D eigenvalue weighted by molar-refractivity contribution is -0.132. The Labute approximate surface area is 167 Å². The van der Waals surface area contributed by atoms with Crippen LogP contribution in [0.25, 0.3) is 0 Å². The lowest BCUT2D eigenvalue weighted by Gasteiger charge is -2.21. The van der Waals surface area contributed by atoms with Gasteiger partial charge in [-0.05, 0) is 19.1 Å². The van der Waals surface area contributed by atoms with Crippen molar-refractivity contribution < 1.29 is 29.1 Å². The fourth-order valence-electron chi connectivity index (χ4n) is 2.32. The van der Waals surface area contributed by atoms with Gasteiger partial charge >= 0.3 is 0 Å². The van der Waals surface area contributed by atoms with E-state index in [0.717, 1.165) is 0 Å². The molecule has 11 nitrogen and oxygen atoms in total. The molecule has 158 valence electrons. The molecule has 0 aliphatic heterocycles. The van der Waals surface area contributed by atoms with E-state index in [0.29, 0.717) is 0 Å². The minimum Gasteiger partial charge on any atom is -0.391 e. The van der Waals surface area contributed by atoms with Crippen molar-refractivity contribution in [1.82, 2.24) is 21.3 Å². The summed E-state index contributed by atoms with van der Waals surface area (Å²) in [6.07, 6.45) is -1.64. The predicted molar refractivity (Wildman–Crippen MR) is 102 cm³/mol. The predicted octanol–water partition coefficient (Wildman–Crippen LogP) is -2.61. The first-order chi connectivity index (χ1) is 13.6. The average Bonchev–Trinajstić information content (AvgIpc) is 2.69. The van der Waals surface area contributed by atoms with E-state index in [4.69, 9.17) is 5.73 Å². The number of nitrogens with one attached hydrogen (secondary N) is 4. The number of rotatable bonds is 10. The average molecular weight is 407 g/mol. The van der Waals surface area contributed by atoms with Gasteiger partial charge in [0.2, 0.25) is 23.6 Å². The molecule has 0 bridgehead atoms. The van der Waals surface area contributed by atoms with Crippen LogP contribution in [0.15, 0.2) is 30.3 Å². The van der Waals surface area contributed by atoms with Crippen LogP contribution in [0.5, 0.6) is 0 Å². The highest BCUT2D eigenvalue weighted by molar-refractivity contribution is 5.99. The molecule has 3 atom stereocenters. The number of primary amides is 1. The third-order valence-electron chi connectivity index (χ3n) is 3.81. The number of aliphatic hydroxyl groups excluding tert-OH is 1. The molecular formula is C18H25N5O6. The molecule has 0 aliphatic rings. The zero-order chi connectivity index (χ0) is 22.0. The lowest BCUT2D eigenvalue weighted by Crippen LogP contribution is -2.55. The monoisotopic (exact) mass is 407 g/mol. The molecule has 0 fully saturated rings. The first kappa shape index (κ1) is 23.6. The summed E-state index contributed by atoms with van der Waals surface area (Å²) in [6.45, 7) is 0.774. The first-order valence-electron chi connectivity index (χ1n) is 8.76. The van der Waals surface area contributed by atoms with Crippen LogP contribution in [0.2, 0.25) is 0 Å². The highest BCUT2D eigenvalue weighted by Gasteiger charge is 2.26. The van der Waals surface area contributed by atoms with Crippen molar-refractivity contribution in [2.75, 3.05) is 13.6 Å². The molecule has 1 aromatic carbocycles. The van der Waals surface area contributed by atoms with Crippen molar-refractivity contribution in [2.45, 2.75) is 31.5 Å². The van der Waals surface area contributed by atoms with Gasteiger partial charge in [-0.25, -0.2) is 0 Å². The molecule has 0 saturated heterocycles. The molecule has 0 spiro atoms. The Balaban J connectivity index is 2.70. The summed E-state index contributed by atoms with van der Waals surface area (Å²) < 4.78 is 0. The topological polar surface area (TPSA) is 180 Å². The van der Waals surface area contributed by atoms with Gasteiger partial charge in [-0.15, -0.1) is 0 Å². The van der Waals surface area contributed by atoms with Crippen molar-refractivity contribution in [3.8, 4) is 0 Å². The molecule has 7 N–H and O–H groups in total. The highest BCUT2D eigenvalue weighted by atomic mass is 16.3. The van der Waals surface area contributed by atoms with E-state index in [-0.39, 0.29) is 5.56 Å². The molecule has 1 aromatic rings. The number of nitrogens with two attached hydrogens (primary N) is 1. The van der Waals surface area contributed by atoms with E-state index in [1.54, 1.807) is 18.2 Å². The van der Waals surface area contributed by atoms with Crippen molar-refractivity contribution in [1.29, 1.82) is 0 Å². The summed E-state index contributed by atoms with van der Waals surface area (Å²) in [5.41, 5.74) is 5.40. The second-order valence-corrected chi connectivity index (χ2v) is 6.18. The molecule has 5 amide bonds. The second kappa shape index (κ2) is 11.4. The largest absolute Gasteiger partial charge is 0.391 e. The second-order valence-electron chi connectivity index (χ2n) is 6.18. The van der Waals surface area contributed by atoms with Crippen molar-refractivity contribution in [2.24, 2.45) is 5.73 Å². The zero-order valence-corrected chi connectivity index (χ0v) is 16.1. The van der Waals surface area contributed by atoms with E-state index in [9.17, 15) is 29.1 Å². The number of amides is 5. The molecule has 0 unspecified atom stereocenters. The van der Waals surface area contributed by atoms with Gasteiger partial charge in [0.05, 0.1) is 19.1 Å². The van der Waals surface area contributed by atoms with Crippen LogP contribution in [-0.2, 0) is 19.2 Å². The number of carbonyl (C=O) groups excluding carboxylic acids is 5. The Morgan fingerprint density at radius 3 is 2.17 bits per heavy atom. The van der Waals surface area contributed by atoms with Gasteiger partial charge in [-0.3, -0.25) is 24.0 Å². The van der Waals surface area contributed by atoms with Crippen LogP contribution >= 0.6 is 0 Å². The Bertz CT molecular complexity index is 752. The molecular weight excluding hydrogens is 382 g/mol. The van der Waals surface area contributed by atoms with Gasteiger partial charge < -0.3 is 32.1 Å². The summed E-state index contributed by atoms with van der Waals surface area (Å²) in [6, 6.07) is 5.53. The van der Waals surface area contributed by atoms with E-state index in [1.807, 2.05) is 0 Å². The molecule has 11 heteroatoms. The zero-order valence-electron chi connectivity index (χ0n) is 16.1. The quantitative estimate of drug-likeness (QED) is 0.247. The summed E-state index contributed by atoms with van der Waals surface area (Å²) in [4.78, 5) is 59.4. The minimum absolute atomic E-state index is 0.276. The first-order valence-corrected chi connectivity index (χ1v) is 8.76. The van der Waals surface area contributed by atoms with Crippen LogP contribution in [-0.4, -0.2) is 66.4 Å². The van der Waals surface area contributed by atoms with Crippen molar-refractivity contribution in [3.05, 3.63) is 35.9 Å². The summed E-state index contributed by atoms with van der Waals surface area (Å²) in [5, 5.41) is 18.8. The van der Waals surface area contributed by atoms with Gasteiger partial charge in [0, 0.05) is 12.6 Å². The maximum atomic E-state index is 12.3. The Morgan fingerprint density at radius 1 is 1.03 bits per heavy atom. The molecule has 0 aromatic heterocycles. The van der Waals surface area contributed by atoms with Crippen LogP contribution in [0.4, 0.5) is 0 Å². The van der Waals surface area contributed by atoms with E-state index < -0.39 is 60.7 Å². The Hall–Kier alpha value is -3.47. The van der Waals surface area contributed by atoms with Gasteiger partial charge in [0.25, 0.3) is 5.91 Å².